The van der Waals surface area contributed by atoms with E-state index in [1.807, 2.05) is 37.3 Å². The molecule has 1 heterocycles. The van der Waals surface area contributed by atoms with E-state index in [9.17, 15) is 0 Å². The van der Waals surface area contributed by atoms with Gasteiger partial charge in [-0.1, -0.05) is 12.1 Å². The van der Waals surface area contributed by atoms with Crippen LogP contribution in [0.1, 0.15) is 5.56 Å². The summed E-state index contributed by atoms with van der Waals surface area (Å²) < 4.78 is 11.1. The van der Waals surface area contributed by atoms with Crippen molar-refractivity contribution in [2.24, 2.45) is 0 Å². The molecule has 1 aliphatic heterocycles. The van der Waals surface area contributed by atoms with Crippen molar-refractivity contribution in [1.82, 2.24) is 0 Å². The summed E-state index contributed by atoms with van der Waals surface area (Å²) in [5.74, 6) is 1.63. The number of anilines is 1. The highest BCUT2D eigenvalue weighted by Crippen LogP contribution is 2.35. The molecule has 18 heavy (non-hydrogen) atoms. The van der Waals surface area contributed by atoms with Crippen molar-refractivity contribution in [2.45, 2.75) is 6.92 Å². The van der Waals surface area contributed by atoms with Crippen molar-refractivity contribution in [3.05, 3.63) is 42.0 Å². The van der Waals surface area contributed by atoms with Gasteiger partial charge in [-0.3, -0.25) is 0 Å². The van der Waals surface area contributed by atoms with Crippen LogP contribution in [0.5, 0.6) is 11.5 Å². The SMILES string of the molecule is Cc1cc(-c2ccc3c(c2)OCCO3)ccc1N. The topological polar surface area (TPSA) is 44.5 Å². The molecule has 0 bridgehead atoms. The Bertz CT molecular complexity index is 593. The van der Waals surface area contributed by atoms with Crippen molar-refractivity contribution < 1.29 is 9.47 Å². The number of rotatable bonds is 1. The molecule has 0 atom stereocenters. The van der Waals surface area contributed by atoms with Crippen LogP contribution < -0.4 is 15.2 Å². The first kappa shape index (κ1) is 11.0. The van der Waals surface area contributed by atoms with Gasteiger partial charge in [0, 0.05) is 5.69 Å². The Labute approximate surface area is 106 Å². The molecule has 0 unspecified atom stereocenters. The number of hydrogen-bond acceptors (Lipinski definition) is 3. The molecule has 2 aromatic carbocycles. The fourth-order valence-electron chi connectivity index (χ4n) is 2.08. The third-order valence-electron chi connectivity index (χ3n) is 3.15. The summed E-state index contributed by atoms with van der Waals surface area (Å²) in [4.78, 5) is 0. The minimum atomic E-state index is 0.608. The molecule has 3 rings (SSSR count). The van der Waals surface area contributed by atoms with Crippen molar-refractivity contribution in [3.8, 4) is 22.6 Å². The fraction of sp³-hybridized carbons (Fsp3) is 0.200. The van der Waals surface area contributed by atoms with Crippen LogP contribution in [0, 0.1) is 6.92 Å². The molecule has 0 aliphatic carbocycles. The molecule has 0 radical (unpaired) electrons. The average molecular weight is 241 g/mol. The number of nitrogen functional groups attached to an aromatic ring is 1. The van der Waals surface area contributed by atoms with Crippen LogP contribution >= 0.6 is 0 Å². The molecule has 0 saturated carbocycles. The Hall–Kier alpha value is -2.16. The van der Waals surface area contributed by atoms with Crippen molar-refractivity contribution >= 4 is 5.69 Å². The zero-order chi connectivity index (χ0) is 12.5. The highest BCUT2D eigenvalue weighted by atomic mass is 16.6. The van der Waals surface area contributed by atoms with Crippen LogP contribution in [0.2, 0.25) is 0 Å². The molecule has 0 spiro atoms. The molecule has 0 fully saturated rings. The predicted octanol–water partition coefficient (Wildman–Crippen LogP) is 3.02. The van der Waals surface area contributed by atoms with E-state index in [1.165, 1.54) is 0 Å². The second kappa shape index (κ2) is 4.26. The Balaban J connectivity index is 2.03. The molecule has 2 N–H and O–H groups in total. The molecular weight excluding hydrogens is 226 g/mol. The Morgan fingerprint density at radius 3 is 2.33 bits per heavy atom. The lowest BCUT2D eigenvalue weighted by molar-refractivity contribution is 0.171. The number of nitrogens with two attached hydrogens (primary N) is 1. The molecule has 0 saturated heterocycles. The molecule has 0 amide bonds. The third kappa shape index (κ3) is 1.88. The summed E-state index contributed by atoms with van der Waals surface area (Å²) >= 11 is 0. The van der Waals surface area contributed by atoms with E-state index in [2.05, 4.69) is 6.07 Å². The number of benzene rings is 2. The molecule has 1 aliphatic rings. The number of fused-ring (bicyclic) bond motifs is 1. The van der Waals surface area contributed by atoms with Crippen molar-refractivity contribution in [2.75, 3.05) is 18.9 Å². The molecule has 3 nitrogen and oxygen atoms in total. The van der Waals surface area contributed by atoms with Gasteiger partial charge in [-0.15, -0.1) is 0 Å². The first-order chi connectivity index (χ1) is 8.74. The highest BCUT2D eigenvalue weighted by molar-refractivity contribution is 5.70. The maximum absolute atomic E-state index is 5.83. The summed E-state index contributed by atoms with van der Waals surface area (Å²) in [7, 11) is 0. The number of aryl methyl sites for hydroxylation is 1. The number of ether oxygens (including phenoxy) is 2. The Morgan fingerprint density at radius 1 is 0.889 bits per heavy atom. The summed E-state index contributed by atoms with van der Waals surface area (Å²) in [5, 5.41) is 0. The summed E-state index contributed by atoms with van der Waals surface area (Å²) in [6.07, 6.45) is 0. The lowest BCUT2D eigenvalue weighted by Gasteiger charge is -2.19. The van der Waals surface area contributed by atoms with Gasteiger partial charge >= 0.3 is 0 Å². The van der Waals surface area contributed by atoms with E-state index >= 15 is 0 Å². The highest BCUT2D eigenvalue weighted by Gasteiger charge is 2.12. The summed E-state index contributed by atoms with van der Waals surface area (Å²) in [6, 6.07) is 12.0. The normalized spacial score (nSPS) is 13.4. The Morgan fingerprint density at radius 2 is 1.56 bits per heavy atom. The zero-order valence-electron chi connectivity index (χ0n) is 10.3. The van der Waals surface area contributed by atoms with Crippen molar-refractivity contribution in [1.29, 1.82) is 0 Å². The molecule has 0 aromatic heterocycles. The van der Waals surface area contributed by atoms with E-state index < -0.39 is 0 Å². The average Bonchev–Trinajstić information content (AvgIpc) is 2.41. The van der Waals surface area contributed by atoms with Gasteiger partial charge in [0.15, 0.2) is 11.5 Å². The summed E-state index contributed by atoms with van der Waals surface area (Å²) in [5.41, 5.74) is 9.99. The van der Waals surface area contributed by atoms with E-state index in [0.29, 0.717) is 13.2 Å². The molecule has 3 heteroatoms. The van der Waals surface area contributed by atoms with Crippen LogP contribution in [0.3, 0.4) is 0 Å². The first-order valence-corrected chi connectivity index (χ1v) is 6.00. The predicted molar refractivity (Wildman–Crippen MR) is 72.0 cm³/mol. The fourth-order valence-corrected chi connectivity index (χ4v) is 2.08. The largest absolute Gasteiger partial charge is 0.486 e. The van der Waals surface area contributed by atoms with E-state index in [-0.39, 0.29) is 0 Å². The van der Waals surface area contributed by atoms with Crippen LogP contribution in [-0.4, -0.2) is 13.2 Å². The van der Waals surface area contributed by atoms with Gasteiger partial charge in [0.05, 0.1) is 0 Å². The van der Waals surface area contributed by atoms with Gasteiger partial charge < -0.3 is 15.2 Å². The van der Waals surface area contributed by atoms with Crippen LogP contribution in [0.4, 0.5) is 5.69 Å². The van der Waals surface area contributed by atoms with Crippen LogP contribution in [0.15, 0.2) is 36.4 Å². The van der Waals surface area contributed by atoms with Crippen molar-refractivity contribution in [3.63, 3.8) is 0 Å². The van der Waals surface area contributed by atoms with E-state index in [0.717, 1.165) is 33.9 Å². The Kier molecular flexibility index (Phi) is 2.59. The van der Waals surface area contributed by atoms with Gasteiger partial charge in [0.1, 0.15) is 13.2 Å². The second-order valence-corrected chi connectivity index (χ2v) is 4.43. The maximum atomic E-state index is 5.83. The molecule has 92 valence electrons. The lowest BCUT2D eigenvalue weighted by Crippen LogP contribution is -2.15. The van der Waals surface area contributed by atoms with E-state index in [1.54, 1.807) is 0 Å². The van der Waals surface area contributed by atoms with E-state index in [4.69, 9.17) is 15.2 Å². The van der Waals surface area contributed by atoms with Gasteiger partial charge in [0.25, 0.3) is 0 Å². The standard InChI is InChI=1S/C15H15NO2/c1-10-8-11(2-4-13(10)16)12-3-5-14-15(9-12)18-7-6-17-14/h2-5,8-9H,6-7,16H2,1H3. The minimum absolute atomic E-state index is 0.608. The minimum Gasteiger partial charge on any atom is -0.486 e. The maximum Gasteiger partial charge on any atom is 0.161 e. The lowest BCUT2D eigenvalue weighted by atomic mass is 10.0. The quantitative estimate of drug-likeness (QED) is 0.780. The van der Waals surface area contributed by atoms with Crippen LogP contribution in [-0.2, 0) is 0 Å². The monoisotopic (exact) mass is 241 g/mol. The molecular formula is C15H15NO2. The summed E-state index contributed by atoms with van der Waals surface area (Å²) in [6.45, 7) is 3.24. The van der Waals surface area contributed by atoms with Gasteiger partial charge in [0.2, 0.25) is 0 Å². The van der Waals surface area contributed by atoms with Gasteiger partial charge in [-0.2, -0.15) is 0 Å². The van der Waals surface area contributed by atoms with Crippen LogP contribution in [0.25, 0.3) is 11.1 Å². The van der Waals surface area contributed by atoms with Gasteiger partial charge in [-0.05, 0) is 47.9 Å². The third-order valence-corrected chi connectivity index (χ3v) is 3.15. The smallest absolute Gasteiger partial charge is 0.161 e. The second-order valence-electron chi connectivity index (χ2n) is 4.43. The molecule has 2 aromatic rings. The van der Waals surface area contributed by atoms with Gasteiger partial charge in [-0.25, -0.2) is 0 Å². The zero-order valence-corrected chi connectivity index (χ0v) is 10.3. The first-order valence-electron chi connectivity index (χ1n) is 6.00. The number of hydrogen-bond donors (Lipinski definition) is 1.